The van der Waals surface area contributed by atoms with Crippen molar-refractivity contribution in [3.05, 3.63) is 187 Å². The molecule has 0 heterocycles. The van der Waals surface area contributed by atoms with E-state index in [1.165, 1.54) is 71.7 Å². The van der Waals surface area contributed by atoms with Crippen LogP contribution < -0.4 is 4.90 Å². The lowest BCUT2D eigenvalue weighted by Gasteiger charge is -2.28. The predicted molar refractivity (Wildman–Crippen MR) is 205 cm³/mol. The summed E-state index contributed by atoms with van der Waals surface area (Å²) in [4.78, 5) is 2.44. The van der Waals surface area contributed by atoms with Gasteiger partial charge in [-0.2, -0.15) is 0 Å². The predicted octanol–water partition coefficient (Wildman–Crippen LogP) is 13.1. The second-order valence-electron chi connectivity index (χ2n) is 13.4. The van der Waals surface area contributed by atoms with Crippen LogP contribution in [0.5, 0.6) is 0 Å². The minimum absolute atomic E-state index is 0.0988. The standard InChI is InChI=1S/C47H35N/c1-47(2)43-30-29-37(31-42(43)46-41(22-12-23-44(46)47)34-13-4-3-5-14-34)48(45-24-11-18-33-16-7-9-20-40(33)45)36-27-25-35(26-28-36)39-21-10-17-32-15-6-8-19-38(32)39/h3-31H,1-2H3. The van der Waals surface area contributed by atoms with Gasteiger partial charge in [-0.1, -0.05) is 159 Å². The molecule has 8 aromatic rings. The summed E-state index contributed by atoms with van der Waals surface area (Å²) in [5, 5.41) is 4.98. The quantitative estimate of drug-likeness (QED) is 0.187. The van der Waals surface area contributed by atoms with E-state index in [1.807, 2.05) is 0 Å². The molecule has 0 radical (unpaired) electrons. The smallest absolute Gasteiger partial charge is 0.0540 e. The number of hydrogen-bond acceptors (Lipinski definition) is 1. The first-order valence-electron chi connectivity index (χ1n) is 16.8. The lowest BCUT2D eigenvalue weighted by atomic mass is 9.82. The fourth-order valence-corrected chi connectivity index (χ4v) is 7.89. The second kappa shape index (κ2) is 11.1. The van der Waals surface area contributed by atoms with Gasteiger partial charge in [-0.25, -0.2) is 0 Å². The van der Waals surface area contributed by atoms with E-state index in [1.54, 1.807) is 0 Å². The molecule has 1 aliphatic rings. The summed E-state index contributed by atoms with van der Waals surface area (Å²) in [5.41, 5.74) is 13.7. The molecule has 0 spiro atoms. The zero-order chi connectivity index (χ0) is 32.2. The molecule has 228 valence electrons. The molecule has 0 atom stereocenters. The van der Waals surface area contributed by atoms with Crippen molar-refractivity contribution >= 4 is 38.6 Å². The van der Waals surface area contributed by atoms with Crippen LogP contribution in [0.1, 0.15) is 25.0 Å². The summed E-state index contributed by atoms with van der Waals surface area (Å²) < 4.78 is 0. The van der Waals surface area contributed by atoms with Crippen LogP contribution in [-0.4, -0.2) is 0 Å². The third-order valence-electron chi connectivity index (χ3n) is 10.3. The molecular weight excluding hydrogens is 579 g/mol. The summed E-state index contributed by atoms with van der Waals surface area (Å²) in [5.74, 6) is 0. The Morgan fingerprint density at radius 2 is 0.979 bits per heavy atom. The zero-order valence-corrected chi connectivity index (χ0v) is 27.2. The van der Waals surface area contributed by atoms with E-state index >= 15 is 0 Å². The first-order chi connectivity index (χ1) is 23.6. The topological polar surface area (TPSA) is 3.24 Å². The highest BCUT2D eigenvalue weighted by Gasteiger charge is 2.37. The zero-order valence-electron chi connectivity index (χ0n) is 27.2. The Labute approximate surface area is 282 Å². The van der Waals surface area contributed by atoms with Gasteiger partial charge in [0.1, 0.15) is 0 Å². The van der Waals surface area contributed by atoms with Crippen molar-refractivity contribution in [3.63, 3.8) is 0 Å². The van der Waals surface area contributed by atoms with Crippen molar-refractivity contribution < 1.29 is 0 Å². The number of nitrogens with zero attached hydrogens (tertiary/aromatic N) is 1. The maximum absolute atomic E-state index is 2.44. The molecule has 0 aliphatic heterocycles. The van der Waals surface area contributed by atoms with Crippen LogP contribution >= 0.6 is 0 Å². The Morgan fingerprint density at radius 1 is 0.396 bits per heavy atom. The van der Waals surface area contributed by atoms with E-state index in [4.69, 9.17) is 0 Å². The van der Waals surface area contributed by atoms with Gasteiger partial charge in [0.05, 0.1) is 5.69 Å². The minimum atomic E-state index is -0.0988. The van der Waals surface area contributed by atoms with Gasteiger partial charge in [-0.15, -0.1) is 0 Å². The van der Waals surface area contributed by atoms with Crippen molar-refractivity contribution in [2.24, 2.45) is 0 Å². The van der Waals surface area contributed by atoms with Gasteiger partial charge in [0.2, 0.25) is 0 Å². The van der Waals surface area contributed by atoms with E-state index < -0.39 is 0 Å². The molecule has 48 heavy (non-hydrogen) atoms. The van der Waals surface area contributed by atoms with E-state index in [-0.39, 0.29) is 5.41 Å². The molecule has 0 saturated heterocycles. The van der Waals surface area contributed by atoms with Crippen LogP contribution in [0.15, 0.2) is 176 Å². The van der Waals surface area contributed by atoms with Gasteiger partial charge in [0.15, 0.2) is 0 Å². The highest BCUT2D eigenvalue weighted by Crippen LogP contribution is 2.54. The second-order valence-corrected chi connectivity index (χ2v) is 13.4. The number of fused-ring (bicyclic) bond motifs is 5. The van der Waals surface area contributed by atoms with Crippen LogP contribution in [0, 0.1) is 0 Å². The molecule has 0 unspecified atom stereocenters. The third-order valence-corrected chi connectivity index (χ3v) is 10.3. The highest BCUT2D eigenvalue weighted by atomic mass is 15.1. The molecule has 0 amide bonds. The highest BCUT2D eigenvalue weighted by molar-refractivity contribution is 6.01. The number of benzene rings is 8. The van der Waals surface area contributed by atoms with Crippen molar-refractivity contribution in [3.8, 4) is 33.4 Å². The number of rotatable bonds is 5. The Hall–Kier alpha value is -5.92. The van der Waals surface area contributed by atoms with Crippen molar-refractivity contribution in [2.75, 3.05) is 4.90 Å². The summed E-state index contributed by atoms with van der Waals surface area (Å²) >= 11 is 0. The fraction of sp³-hybridized carbons (Fsp3) is 0.0638. The molecule has 0 saturated carbocycles. The first kappa shape index (κ1) is 28.3. The van der Waals surface area contributed by atoms with E-state index in [2.05, 4.69) is 195 Å². The summed E-state index contributed by atoms with van der Waals surface area (Å²) in [7, 11) is 0. The normalized spacial score (nSPS) is 13.0. The van der Waals surface area contributed by atoms with Gasteiger partial charge in [-0.3, -0.25) is 0 Å². The third kappa shape index (κ3) is 4.47. The molecule has 0 bridgehead atoms. The van der Waals surface area contributed by atoms with E-state index in [9.17, 15) is 0 Å². The molecule has 1 aliphatic carbocycles. The van der Waals surface area contributed by atoms with Gasteiger partial charge < -0.3 is 4.90 Å². The van der Waals surface area contributed by atoms with Crippen LogP contribution in [-0.2, 0) is 5.41 Å². The molecule has 8 aromatic carbocycles. The average molecular weight is 614 g/mol. The maximum atomic E-state index is 2.44. The van der Waals surface area contributed by atoms with Gasteiger partial charge in [0, 0.05) is 22.2 Å². The van der Waals surface area contributed by atoms with E-state index in [0.29, 0.717) is 0 Å². The van der Waals surface area contributed by atoms with Crippen molar-refractivity contribution in [2.45, 2.75) is 19.3 Å². The molecule has 9 rings (SSSR count). The number of anilines is 3. The minimum Gasteiger partial charge on any atom is -0.310 e. The summed E-state index contributed by atoms with van der Waals surface area (Å²) in [6, 6.07) is 64.4. The molecule has 0 N–H and O–H groups in total. The summed E-state index contributed by atoms with van der Waals surface area (Å²) in [6.07, 6.45) is 0. The summed E-state index contributed by atoms with van der Waals surface area (Å²) in [6.45, 7) is 4.72. The lowest BCUT2D eigenvalue weighted by molar-refractivity contribution is 0.660. The van der Waals surface area contributed by atoms with Crippen LogP contribution in [0.3, 0.4) is 0 Å². The van der Waals surface area contributed by atoms with Gasteiger partial charge >= 0.3 is 0 Å². The molecule has 1 nitrogen and oxygen atoms in total. The monoisotopic (exact) mass is 613 g/mol. The Morgan fingerprint density at radius 3 is 1.77 bits per heavy atom. The first-order valence-corrected chi connectivity index (χ1v) is 16.8. The molecule has 0 aromatic heterocycles. The largest absolute Gasteiger partial charge is 0.310 e. The Kier molecular flexibility index (Phi) is 6.55. The Balaban J connectivity index is 1.24. The maximum Gasteiger partial charge on any atom is 0.0540 e. The van der Waals surface area contributed by atoms with Crippen molar-refractivity contribution in [1.82, 2.24) is 0 Å². The number of hydrogen-bond donors (Lipinski definition) is 0. The fourth-order valence-electron chi connectivity index (χ4n) is 7.89. The van der Waals surface area contributed by atoms with E-state index in [0.717, 1.165) is 11.4 Å². The van der Waals surface area contributed by atoms with Crippen LogP contribution in [0.2, 0.25) is 0 Å². The molecule has 0 fully saturated rings. The molecule has 1 heteroatoms. The van der Waals surface area contributed by atoms with Crippen molar-refractivity contribution in [1.29, 1.82) is 0 Å². The van der Waals surface area contributed by atoms with Crippen LogP contribution in [0.25, 0.3) is 54.9 Å². The molecular formula is C47H35N. The van der Waals surface area contributed by atoms with Crippen LogP contribution in [0.4, 0.5) is 17.1 Å². The SMILES string of the molecule is CC1(C)c2ccc(N(c3ccc(-c4cccc5ccccc45)cc3)c3cccc4ccccc34)cc2-c2c(-c3ccccc3)cccc21. The average Bonchev–Trinajstić information content (AvgIpc) is 3.38. The van der Waals surface area contributed by atoms with Gasteiger partial charge in [-0.05, 0) is 91.0 Å². The van der Waals surface area contributed by atoms with Gasteiger partial charge in [0.25, 0.3) is 0 Å². The lowest BCUT2D eigenvalue weighted by Crippen LogP contribution is -2.15. The Bertz CT molecular complexity index is 2460.